The molecule has 142 valence electrons. The van der Waals surface area contributed by atoms with Gasteiger partial charge < -0.3 is 4.74 Å². The summed E-state index contributed by atoms with van der Waals surface area (Å²) in [6, 6.07) is 6.09. The maximum Gasteiger partial charge on any atom is 0.416 e. The van der Waals surface area contributed by atoms with E-state index in [2.05, 4.69) is 9.82 Å². The fourth-order valence-electron chi connectivity index (χ4n) is 3.10. The molecular weight excluding hydrogens is 371 g/mol. The molecule has 6 nitrogen and oxygen atoms in total. The summed E-state index contributed by atoms with van der Waals surface area (Å²) in [5, 5.41) is 3.78. The number of hydrogen-bond donors (Lipinski definition) is 1. The highest BCUT2D eigenvalue weighted by atomic mass is 32.2. The molecule has 1 N–H and O–H groups in total. The molecule has 0 saturated carbocycles. The Labute approximate surface area is 149 Å². The first-order chi connectivity index (χ1) is 12.1. The third kappa shape index (κ3) is 3.62. The molecule has 10 heteroatoms. The Morgan fingerprint density at radius 3 is 2.50 bits per heavy atom. The van der Waals surface area contributed by atoms with Crippen LogP contribution in [0.4, 0.5) is 13.2 Å². The van der Waals surface area contributed by atoms with Crippen LogP contribution in [0.2, 0.25) is 0 Å². The number of sulfonamides is 1. The number of alkyl halides is 3. The van der Waals surface area contributed by atoms with Crippen molar-refractivity contribution in [3.63, 3.8) is 0 Å². The van der Waals surface area contributed by atoms with Gasteiger partial charge in [-0.15, -0.1) is 0 Å². The second-order valence-corrected chi connectivity index (χ2v) is 7.80. The zero-order valence-electron chi connectivity index (χ0n) is 14.0. The largest absolute Gasteiger partial charge is 0.416 e. The van der Waals surface area contributed by atoms with Gasteiger partial charge in [-0.25, -0.2) is 8.42 Å². The van der Waals surface area contributed by atoms with Gasteiger partial charge in [-0.3, -0.25) is 4.68 Å². The molecule has 0 spiro atoms. The summed E-state index contributed by atoms with van der Waals surface area (Å²) in [5.74, 6) is 0. The quantitative estimate of drug-likeness (QED) is 0.872. The lowest BCUT2D eigenvalue weighted by atomic mass is 9.83. The van der Waals surface area contributed by atoms with E-state index in [4.69, 9.17) is 4.74 Å². The molecule has 26 heavy (non-hydrogen) atoms. The minimum absolute atomic E-state index is 0.0599. The Morgan fingerprint density at radius 1 is 1.23 bits per heavy atom. The Morgan fingerprint density at radius 2 is 1.92 bits per heavy atom. The monoisotopic (exact) mass is 389 g/mol. The lowest BCUT2D eigenvalue weighted by Gasteiger charge is -2.38. The van der Waals surface area contributed by atoms with E-state index in [1.54, 1.807) is 0 Å². The first-order valence-corrected chi connectivity index (χ1v) is 9.40. The van der Waals surface area contributed by atoms with Gasteiger partial charge in [-0.2, -0.15) is 23.0 Å². The predicted octanol–water partition coefficient (Wildman–Crippen LogP) is 2.42. The molecule has 3 rings (SSSR count). The summed E-state index contributed by atoms with van der Waals surface area (Å²) in [6.07, 6.45) is -2.71. The van der Waals surface area contributed by atoms with Gasteiger partial charge in [-0.05, 0) is 36.6 Å². The molecule has 0 unspecified atom stereocenters. The fourth-order valence-corrected chi connectivity index (χ4v) is 4.67. The summed E-state index contributed by atoms with van der Waals surface area (Å²) < 4.78 is 74.0. The molecular formula is C16H18F3N3O3S. The van der Waals surface area contributed by atoms with Crippen LogP contribution in [0, 0.1) is 0 Å². The van der Waals surface area contributed by atoms with Gasteiger partial charge in [0, 0.05) is 20.3 Å². The number of halogens is 3. The zero-order valence-corrected chi connectivity index (χ0v) is 14.8. The van der Waals surface area contributed by atoms with Crippen LogP contribution in [0.5, 0.6) is 0 Å². The van der Waals surface area contributed by atoms with E-state index in [-0.39, 0.29) is 36.6 Å². The minimum atomic E-state index is -4.51. The molecule has 0 bridgehead atoms. The molecule has 1 aromatic heterocycles. The average Bonchev–Trinajstić information content (AvgIpc) is 3.02. The Kier molecular flexibility index (Phi) is 4.84. The first-order valence-electron chi connectivity index (χ1n) is 7.92. The number of nitrogens with zero attached hydrogens (tertiary/aromatic N) is 2. The van der Waals surface area contributed by atoms with E-state index in [9.17, 15) is 21.6 Å². The van der Waals surface area contributed by atoms with E-state index in [1.807, 2.05) is 0 Å². The van der Waals surface area contributed by atoms with Gasteiger partial charge >= 0.3 is 6.18 Å². The standard InChI is InChI=1S/C16H18F3N3O3S/c1-22-14(5-8-20-22)26(23,24)21-15(6-9-25-10-7-15)12-3-2-4-13(11-12)16(17,18)19/h2-5,8,11,21H,6-7,9-10H2,1H3. The summed E-state index contributed by atoms with van der Waals surface area (Å²) in [7, 11) is -2.51. The van der Waals surface area contributed by atoms with Gasteiger partial charge in [-0.1, -0.05) is 12.1 Å². The Balaban J connectivity index is 2.04. The highest BCUT2D eigenvalue weighted by molar-refractivity contribution is 7.89. The molecule has 1 aliphatic rings. The van der Waals surface area contributed by atoms with Crippen LogP contribution in [0.25, 0.3) is 0 Å². The smallest absolute Gasteiger partial charge is 0.381 e. The normalized spacial score (nSPS) is 18.0. The number of nitrogens with one attached hydrogen (secondary N) is 1. The third-order valence-corrected chi connectivity index (χ3v) is 6.08. The molecule has 0 radical (unpaired) electrons. The second kappa shape index (κ2) is 6.67. The number of aromatic nitrogens is 2. The van der Waals surface area contributed by atoms with Crippen LogP contribution in [-0.4, -0.2) is 31.4 Å². The van der Waals surface area contributed by atoms with E-state index in [1.165, 1.54) is 36.1 Å². The SMILES string of the molecule is Cn1nccc1S(=O)(=O)NC1(c2cccc(C(F)(F)F)c2)CCOCC1. The zero-order chi connectivity index (χ0) is 19.0. The van der Waals surface area contributed by atoms with Crippen molar-refractivity contribution in [3.8, 4) is 0 Å². The molecule has 0 aliphatic carbocycles. The van der Waals surface area contributed by atoms with Crippen molar-refractivity contribution < 1.29 is 26.3 Å². The van der Waals surface area contributed by atoms with Crippen molar-refractivity contribution in [2.75, 3.05) is 13.2 Å². The summed E-state index contributed by atoms with van der Waals surface area (Å²) in [6.45, 7) is 0.480. The highest BCUT2D eigenvalue weighted by Crippen LogP contribution is 2.37. The van der Waals surface area contributed by atoms with Crippen LogP contribution in [-0.2, 0) is 33.5 Å². The van der Waals surface area contributed by atoms with Crippen molar-refractivity contribution >= 4 is 10.0 Å². The van der Waals surface area contributed by atoms with Crippen molar-refractivity contribution in [2.24, 2.45) is 7.05 Å². The number of rotatable bonds is 4. The van der Waals surface area contributed by atoms with Crippen molar-refractivity contribution in [2.45, 2.75) is 29.6 Å². The van der Waals surface area contributed by atoms with E-state index in [0.717, 1.165) is 12.1 Å². The van der Waals surface area contributed by atoms with Gasteiger partial charge in [0.2, 0.25) is 0 Å². The molecule has 0 atom stereocenters. The fraction of sp³-hybridized carbons (Fsp3) is 0.438. The Hall–Kier alpha value is -1.91. The number of benzene rings is 1. The molecule has 2 heterocycles. The first kappa shape index (κ1) is 18.9. The van der Waals surface area contributed by atoms with Crippen molar-refractivity contribution in [1.82, 2.24) is 14.5 Å². The van der Waals surface area contributed by atoms with Gasteiger partial charge in [0.15, 0.2) is 5.03 Å². The minimum Gasteiger partial charge on any atom is -0.381 e. The lowest BCUT2D eigenvalue weighted by Crippen LogP contribution is -2.49. The molecule has 2 aromatic rings. The molecule has 1 aliphatic heterocycles. The second-order valence-electron chi connectivity index (χ2n) is 6.17. The number of ether oxygens (including phenoxy) is 1. The maximum atomic E-state index is 13.1. The highest BCUT2D eigenvalue weighted by Gasteiger charge is 2.41. The van der Waals surface area contributed by atoms with Crippen LogP contribution in [0.3, 0.4) is 0 Å². The summed E-state index contributed by atoms with van der Waals surface area (Å²) in [4.78, 5) is 0. The van der Waals surface area contributed by atoms with Crippen LogP contribution in [0.1, 0.15) is 24.0 Å². The lowest BCUT2D eigenvalue weighted by molar-refractivity contribution is -0.137. The molecule has 1 saturated heterocycles. The maximum absolute atomic E-state index is 13.1. The van der Waals surface area contributed by atoms with Crippen LogP contribution in [0.15, 0.2) is 41.6 Å². The van der Waals surface area contributed by atoms with Crippen LogP contribution < -0.4 is 4.72 Å². The molecule has 0 amide bonds. The molecule has 1 aromatic carbocycles. The number of hydrogen-bond acceptors (Lipinski definition) is 4. The predicted molar refractivity (Wildman–Crippen MR) is 86.7 cm³/mol. The van der Waals surface area contributed by atoms with Gasteiger partial charge in [0.25, 0.3) is 10.0 Å². The third-order valence-electron chi connectivity index (χ3n) is 4.47. The van der Waals surface area contributed by atoms with E-state index in [0.29, 0.717) is 0 Å². The summed E-state index contributed by atoms with van der Waals surface area (Å²) in [5.41, 5.74) is -1.73. The topological polar surface area (TPSA) is 73.2 Å². The number of aryl methyl sites for hydroxylation is 1. The van der Waals surface area contributed by atoms with Gasteiger partial charge in [0.05, 0.1) is 17.3 Å². The van der Waals surface area contributed by atoms with E-state index >= 15 is 0 Å². The van der Waals surface area contributed by atoms with Gasteiger partial charge in [0.1, 0.15) is 0 Å². The molecule has 1 fully saturated rings. The Bertz CT molecular complexity index is 887. The van der Waals surface area contributed by atoms with Crippen molar-refractivity contribution in [3.05, 3.63) is 47.7 Å². The van der Waals surface area contributed by atoms with E-state index < -0.39 is 27.3 Å². The van der Waals surface area contributed by atoms with Crippen LogP contribution >= 0.6 is 0 Å². The summed E-state index contributed by atoms with van der Waals surface area (Å²) >= 11 is 0. The average molecular weight is 389 g/mol. The van der Waals surface area contributed by atoms with Crippen molar-refractivity contribution in [1.29, 1.82) is 0 Å².